The number of halogens is 2. The van der Waals surface area contributed by atoms with E-state index < -0.39 is 42.8 Å². The molecule has 33 heavy (non-hydrogen) atoms. The Labute approximate surface area is 202 Å². The minimum Gasteiger partial charge on any atom is -0.393 e. The molecule has 0 fully saturated rings. The molecule has 0 saturated heterocycles. The number of benzene rings is 3. The van der Waals surface area contributed by atoms with Crippen LogP contribution in [-0.4, -0.2) is 38.0 Å². The van der Waals surface area contributed by atoms with Gasteiger partial charge >= 0.3 is 7.82 Å². The average Bonchev–Trinajstić information content (AvgIpc) is 2.82. The molecule has 2 atom stereocenters. The van der Waals surface area contributed by atoms with Crippen LogP contribution in [0.5, 0.6) is 0 Å². The number of phosphoric acid groups is 1. The maximum Gasteiger partial charge on any atom is 0.469 e. The zero-order chi connectivity index (χ0) is 24.1. The maximum atomic E-state index is 12.3. The van der Waals surface area contributed by atoms with Gasteiger partial charge in [0.15, 0.2) is 0 Å². The molecule has 0 aromatic heterocycles. The monoisotopic (exact) mass is 510 g/mol. The van der Waals surface area contributed by atoms with Crippen LogP contribution < -0.4 is 0 Å². The number of aliphatic hydroxyl groups is 2. The van der Waals surface area contributed by atoms with Crippen LogP contribution in [0.4, 0.5) is 0 Å². The molecule has 0 aliphatic carbocycles. The number of rotatable bonds is 10. The fraction of sp³-hybridized carbons (Fsp3) is 0.250. The van der Waals surface area contributed by atoms with Crippen molar-refractivity contribution >= 4 is 31.0 Å². The van der Waals surface area contributed by atoms with Crippen LogP contribution in [0.2, 0.25) is 0 Å². The van der Waals surface area contributed by atoms with Crippen molar-refractivity contribution < 1.29 is 29.1 Å². The van der Waals surface area contributed by atoms with Gasteiger partial charge in [-0.1, -0.05) is 91.0 Å². The average molecular weight is 511 g/mol. The zero-order valence-corrected chi connectivity index (χ0v) is 19.9. The third kappa shape index (κ3) is 5.19. The number of aliphatic hydroxyl groups excluding tert-OH is 1. The molecule has 3 rings (SSSR count). The molecule has 0 amide bonds. The van der Waals surface area contributed by atoms with E-state index in [1.165, 1.54) is 0 Å². The van der Waals surface area contributed by atoms with E-state index >= 15 is 0 Å². The van der Waals surface area contributed by atoms with Crippen LogP contribution in [0.25, 0.3) is 0 Å². The molecule has 3 aromatic rings. The van der Waals surface area contributed by atoms with Crippen molar-refractivity contribution in [2.24, 2.45) is 5.92 Å². The Balaban J connectivity index is 2.45. The number of alkyl halides is 2. The smallest absolute Gasteiger partial charge is 0.393 e. The van der Waals surface area contributed by atoms with Crippen molar-refractivity contribution in [2.45, 2.75) is 15.9 Å². The highest BCUT2D eigenvalue weighted by atomic mass is 35.5. The van der Waals surface area contributed by atoms with E-state index in [9.17, 15) is 24.6 Å². The third-order valence-electron chi connectivity index (χ3n) is 5.87. The van der Waals surface area contributed by atoms with E-state index in [1.807, 2.05) is 0 Å². The SMILES string of the molecule is O=P(O)(O)OCC(C(Cl)Cl)C(c1ccccc1)(c1ccccc1)C(O)(CO)c1ccccc1. The van der Waals surface area contributed by atoms with Gasteiger partial charge in [0.2, 0.25) is 0 Å². The normalized spacial score (nSPS) is 15.2. The highest BCUT2D eigenvalue weighted by Crippen LogP contribution is 2.55. The topological polar surface area (TPSA) is 107 Å². The highest BCUT2D eigenvalue weighted by molar-refractivity contribution is 7.46. The van der Waals surface area contributed by atoms with Crippen LogP contribution in [0, 0.1) is 5.92 Å². The lowest BCUT2D eigenvalue weighted by Gasteiger charge is -2.52. The summed E-state index contributed by atoms with van der Waals surface area (Å²) in [7, 11) is -4.91. The van der Waals surface area contributed by atoms with Gasteiger partial charge in [0, 0.05) is 5.92 Å². The van der Waals surface area contributed by atoms with Gasteiger partial charge in [0.05, 0.1) is 18.6 Å². The van der Waals surface area contributed by atoms with Gasteiger partial charge < -0.3 is 20.0 Å². The van der Waals surface area contributed by atoms with Crippen LogP contribution >= 0.6 is 31.0 Å². The molecule has 176 valence electrons. The predicted molar refractivity (Wildman–Crippen MR) is 128 cm³/mol. The Morgan fingerprint density at radius 2 is 1.18 bits per heavy atom. The summed E-state index contributed by atoms with van der Waals surface area (Å²) in [6, 6.07) is 26.1. The molecule has 0 radical (unpaired) electrons. The molecular weight excluding hydrogens is 486 g/mol. The van der Waals surface area contributed by atoms with Gasteiger partial charge in [0.1, 0.15) is 10.4 Å². The quantitative estimate of drug-likeness (QED) is 0.238. The summed E-state index contributed by atoms with van der Waals surface area (Å²) >= 11 is 12.9. The van der Waals surface area contributed by atoms with Crippen molar-refractivity contribution in [1.82, 2.24) is 0 Å². The molecule has 2 unspecified atom stereocenters. The maximum absolute atomic E-state index is 12.3. The van der Waals surface area contributed by atoms with Gasteiger partial charge in [-0.3, -0.25) is 4.52 Å². The summed E-state index contributed by atoms with van der Waals surface area (Å²) in [6.45, 7) is -1.34. The Morgan fingerprint density at radius 1 is 0.788 bits per heavy atom. The van der Waals surface area contributed by atoms with Crippen molar-refractivity contribution in [2.75, 3.05) is 13.2 Å². The second-order valence-corrected chi connectivity index (χ2v) is 10.1. The van der Waals surface area contributed by atoms with Gasteiger partial charge in [-0.25, -0.2) is 4.57 Å². The summed E-state index contributed by atoms with van der Waals surface area (Å²) < 4.78 is 16.5. The van der Waals surface area contributed by atoms with Crippen molar-refractivity contribution in [1.29, 1.82) is 0 Å². The minimum absolute atomic E-state index is 0.371. The lowest BCUT2D eigenvalue weighted by atomic mass is 9.55. The molecule has 0 spiro atoms. The molecule has 6 nitrogen and oxygen atoms in total. The third-order valence-corrected chi connectivity index (χ3v) is 6.97. The highest BCUT2D eigenvalue weighted by Gasteiger charge is 2.59. The summed E-state index contributed by atoms with van der Waals surface area (Å²) in [5.74, 6) is -1.10. The van der Waals surface area contributed by atoms with Crippen LogP contribution in [0.1, 0.15) is 16.7 Å². The molecule has 0 aliphatic rings. The Hall–Kier alpha value is -1.73. The van der Waals surface area contributed by atoms with E-state index in [1.54, 1.807) is 91.0 Å². The molecule has 4 N–H and O–H groups in total. The van der Waals surface area contributed by atoms with Crippen LogP contribution in [0.15, 0.2) is 91.0 Å². The molecule has 9 heteroatoms. The molecule has 0 saturated carbocycles. The van der Waals surface area contributed by atoms with Crippen molar-refractivity contribution in [3.8, 4) is 0 Å². The Morgan fingerprint density at radius 3 is 1.52 bits per heavy atom. The van der Waals surface area contributed by atoms with Crippen LogP contribution in [-0.2, 0) is 20.1 Å². The standard InChI is InChI=1S/C24H25Cl2O6P/c25-22(26)21(16-32-33(29,30)31)24(19-12-6-2-7-13-19,20-14-8-3-9-15-20)23(28,17-27)18-10-4-1-5-11-18/h1-15,21-22,27-28H,16-17H2,(H2,29,30,31). The predicted octanol–water partition coefficient (Wildman–Crippen LogP) is 4.38. The minimum atomic E-state index is -4.91. The Bertz CT molecular complexity index is 1020. The summed E-state index contributed by atoms with van der Waals surface area (Å²) in [6.07, 6.45) is 0. The van der Waals surface area contributed by atoms with E-state index in [0.29, 0.717) is 16.7 Å². The number of hydrogen-bond acceptors (Lipinski definition) is 4. The zero-order valence-electron chi connectivity index (χ0n) is 17.5. The van der Waals surface area contributed by atoms with Gasteiger partial charge in [-0.05, 0) is 16.7 Å². The largest absolute Gasteiger partial charge is 0.469 e. The van der Waals surface area contributed by atoms with E-state index in [2.05, 4.69) is 0 Å². The number of phosphoric ester groups is 1. The van der Waals surface area contributed by atoms with Crippen molar-refractivity contribution in [3.05, 3.63) is 108 Å². The second-order valence-electron chi connectivity index (χ2n) is 7.65. The van der Waals surface area contributed by atoms with Gasteiger partial charge in [-0.2, -0.15) is 0 Å². The lowest BCUT2D eigenvalue weighted by Crippen LogP contribution is -2.59. The summed E-state index contributed by atoms with van der Waals surface area (Å²) in [4.78, 5) is 17.6. The fourth-order valence-electron chi connectivity index (χ4n) is 4.50. The second kappa shape index (κ2) is 10.7. The molecule has 3 aromatic carbocycles. The van der Waals surface area contributed by atoms with Gasteiger partial charge in [-0.15, -0.1) is 23.2 Å². The first-order valence-corrected chi connectivity index (χ1v) is 12.5. The Kier molecular flexibility index (Phi) is 8.38. The first-order valence-electron chi connectivity index (χ1n) is 10.1. The first kappa shape index (κ1) is 25.9. The van der Waals surface area contributed by atoms with E-state index in [4.69, 9.17) is 27.7 Å². The van der Waals surface area contributed by atoms with Crippen LogP contribution in [0.3, 0.4) is 0 Å². The molecule has 0 bridgehead atoms. The lowest BCUT2D eigenvalue weighted by molar-refractivity contribution is -0.0966. The molecule has 0 aliphatic heterocycles. The summed E-state index contributed by atoms with van der Waals surface area (Å²) in [5, 5.41) is 23.1. The van der Waals surface area contributed by atoms with Crippen molar-refractivity contribution in [3.63, 3.8) is 0 Å². The number of hydrogen-bond donors (Lipinski definition) is 4. The molecular formula is C24H25Cl2O6P. The van der Waals surface area contributed by atoms with E-state index in [0.717, 1.165) is 0 Å². The molecule has 0 heterocycles. The fourth-order valence-corrected chi connectivity index (χ4v) is 5.38. The van der Waals surface area contributed by atoms with E-state index in [-0.39, 0.29) is 0 Å². The first-order chi connectivity index (χ1) is 15.7. The van der Waals surface area contributed by atoms with Gasteiger partial charge in [0.25, 0.3) is 0 Å². The summed E-state index contributed by atoms with van der Waals surface area (Å²) in [5.41, 5.74) is -2.16.